The summed E-state index contributed by atoms with van der Waals surface area (Å²) in [5.41, 5.74) is 2.92. The summed E-state index contributed by atoms with van der Waals surface area (Å²) in [5.74, 6) is 0.511. The fourth-order valence-corrected chi connectivity index (χ4v) is 6.88. The molecule has 3 heterocycles. The van der Waals surface area contributed by atoms with Gasteiger partial charge >= 0.3 is 5.97 Å². The highest BCUT2D eigenvalue weighted by Crippen LogP contribution is 2.40. The molecule has 0 radical (unpaired) electrons. The number of thioether (sulfide) groups is 1. The number of amides is 2. The number of hydrogen-bond donors (Lipinski definition) is 1. The molecule has 3 aromatic rings. The molecule has 0 bridgehead atoms. The van der Waals surface area contributed by atoms with Gasteiger partial charge in [0.05, 0.1) is 31.2 Å². The Hall–Kier alpha value is -3.04. The highest BCUT2D eigenvalue weighted by atomic mass is 32.2. The number of rotatable bonds is 6. The van der Waals surface area contributed by atoms with Crippen LogP contribution in [0.2, 0.25) is 0 Å². The van der Waals surface area contributed by atoms with Gasteiger partial charge < -0.3 is 19.4 Å². The number of furan rings is 1. The first-order chi connectivity index (χ1) is 16.5. The van der Waals surface area contributed by atoms with Gasteiger partial charge in [-0.3, -0.25) is 9.59 Å². The molecule has 1 N–H and O–H groups in total. The monoisotopic (exact) mass is 496 g/mol. The molecule has 0 spiro atoms. The molecule has 2 aromatic heterocycles. The standard InChI is InChI=1S/C25H24N2O5S2/c1-31-25(30)21-18-6-2-3-7-19(18)34-23(21)26-22(29)15-8-10-16(11-9-15)24-27(20(28)14-33-24)13-17-5-4-12-32-17/h4-5,8-12,24H,2-3,6-7,13-14H2,1H3,(H,26,29)/t24-/m0/s1. The lowest BCUT2D eigenvalue weighted by atomic mass is 9.95. The van der Waals surface area contributed by atoms with Crippen LogP contribution in [0.3, 0.4) is 0 Å². The van der Waals surface area contributed by atoms with E-state index in [4.69, 9.17) is 9.15 Å². The topological polar surface area (TPSA) is 88.8 Å². The molecule has 176 valence electrons. The minimum Gasteiger partial charge on any atom is -0.467 e. The highest BCUT2D eigenvalue weighted by Gasteiger charge is 2.33. The molecule has 0 saturated carbocycles. The molecular weight excluding hydrogens is 472 g/mol. The van der Waals surface area contributed by atoms with Crippen LogP contribution in [0.1, 0.15) is 60.7 Å². The second kappa shape index (κ2) is 9.68. The van der Waals surface area contributed by atoms with E-state index in [9.17, 15) is 14.4 Å². The zero-order chi connectivity index (χ0) is 23.7. The molecule has 1 atom stereocenters. The second-order valence-electron chi connectivity index (χ2n) is 8.25. The Morgan fingerprint density at radius 2 is 1.97 bits per heavy atom. The Bertz CT molecular complexity index is 1220. The van der Waals surface area contributed by atoms with E-state index in [1.54, 1.807) is 41.1 Å². The van der Waals surface area contributed by atoms with E-state index in [-0.39, 0.29) is 17.2 Å². The number of nitrogens with zero attached hydrogens (tertiary/aromatic N) is 1. The number of anilines is 1. The molecule has 9 heteroatoms. The number of nitrogens with one attached hydrogen (secondary N) is 1. The van der Waals surface area contributed by atoms with Gasteiger partial charge in [0.15, 0.2) is 0 Å². The van der Waals surface area contributed by atoms with Crippen LogP contribution in [-0.4, -0.2) is 35.5 Å². The molecular formula is C25H24N2O5S2. The van der Waals surface area contributed by atoms with Gasteiger partial charge in [0.25, 0.3) is 5.91 Å². The minimum atomic E-state index is -0.412. The number of carbonyl (C=O) groups is 3. The zero-order valence-electron chi connectivity index (χ0n) is 18.7. The van der Waals surface area contributed by atoms with E-state index in [2.05, 4.69) is 5.32 Å². The van der Waals surface area contributed by atoms with Crippen LogP contribution in [0.4, 0.5) is 5.00 Å². The Morgan fingerprint density at radius 3 is 2.71 bits per heavy atom. The van der Waals surface area contributed by atoms with Crippen molar-refractivity contribution in [3.63, 3.8) is 0 Å². The predicted molar refractivity (Wildman–Crippen MR) is 131 cm³/mol. The molecule has 1 aliphatic heterocycles. The van der Waals surface area contributed by atoms with Crippen LogP contribution in [0.25, 0.3) is 0 Å². The van der Waals surface area contributed by atoms with Gasteiger partial charge in [-0.1, -0.05) is 12.1 Å². The van der Waals surface area contributed by atoms with E-state index >= 15 is 0 Å². The first-order valence-electron chi connectivity index (χ1n) is 11.1. The average Bonchev–Trinajstić information content (AvgIpc) is 3.58. The van der Waals surface area contributed by atoms with Gasteiger partial charge in [-0.15, -0.1) is 23.1 Å². The normalized spacial score (nSPS) is 17.5. The van der Waals surface area contributed by atoms with Gasteiger partial charge in [-0.05, 0) is 61.1 Å². The summed E-state index contributed by atoms with van der Waals surface area (Å²) in [4.78, 5) is 40.8. The first-order valence-corrected chi connectivity index (χ1v) is 13.0. The number of fused-ring (bicyclic) bond motifs is 1. The molecule has 2 aliphatic rings. The zero-order valence-corrected chi connectivity index (χ0v) is 20.3. The van der Waals surface area contributed by atoms with E-state index in [1.165, 1.54) is 18.4 Å². The Kier molecular flexibility index (Phi) is 6.47. The lowest BCUT2D eigenvalue weighted by molar-refractivity contribution is -0.128. The van der Waals surface area contributed by atoms with Gasteiger partial charge in [0, 0.05) is 10.4 Å². The third-order valence-electron chi connectivity index (χ3n) is 6.12. The lowest BCUT2D eigenvalue weighted by Crippen LogP contribution is -2.27. The van der Waals surface area contributed by atoms with E-state index in [0.717, 1.165) is 47.4 Å². The molecule has 34 heavy (non-hydrogen) atoms. The van der Waals surface area contributed by atoms with E-state index < -0.39 is 5.97 Å². The van der Waals surface area contributed by atoms with Crippen LogP contribution < -0.4 is 5.32 Å². The smallest absolute Gasteiger partial charge is 0.341 e. The summed E-state index contributed by atoms with van der Waals surface area (Å²) >= 11 is 3.02. The molecule has 1 saturated heterocycles. The summed E-state index contributed by atoms with van der Waals surface area (Å²) in [7, 11) is 1.36. The van der Waals surface area contributed by atoms with Crippen LogP contribution in [0, 0.1) is 0 Å². The minimum absolute atomic E-state index is 0.0604. The predicted octanol–water partition coefficient (Wildman–Crippen LogP) is 5.03. The fourth-order valence-electron chi connectivity index (χ4n) is 4.42. The number of thiophene rings is 1. The van der Waals surface area contributed by atoms with Crippen molar-refractivity contribution in [3.05, 3.63) is 75.6 Å². The summed E-state index contributed by atoms with van der Waals surface area (Å²) < 4.78 is 10.4. The van der Waals surface area contributed by atoms with Gasteiger partial charge in [-0.25, -0.2) is 4.79 Å². The van der Waals surface area contributed by atoms with Crippen molar-refractivity contribution in [2.75, 3.05) is 18.2 Å². The third-order valence-corrected chi connectivity index (χ3v) is 8.58. The molecule has 2 amide bonds. The van der Waals surface area contributed by atoms with Crippen LogP contribution >= 0.6 is 23.1 Å². The maximum absolute atomic E-state index is 13.0. The Labute approximate surface area is 205 Å². The SMILES string of the molecule is COC(=O)c1c(NC(=O)c2ccc([C@@H]3SCC(=O)N3Cc3ccco3)cc2)sc2c1CCCC2. The molecule has 1 fully saturated rings. The summed E-state index contributed by atoms with van der Waals surface area (Å²) in [5, 5.41) is 3.35. The van der Waals surface area contributed by atoms with Gasteiger partial charge in [-0.2, -0.15) is 0 Å². The quantitative estimate of drug-likeness (QED) is 0.482. The highest BCUT2D eigenvalue weighted by molar-refractivity contribution is 8.00. The van der Waals surface area contributed by atoms with Crippen LogP contribution in [-0.2, 0) is 28.9 Å². The number of methoxy groups -OCH3 is 1. The second-order valence-corrected chi connectivity index (χ2v) is 10.4. The average molecular weight is 497 g/mol. The van der Waals surface area contributed by atoms with E-state index in [1.807, 2.05) is 18.2 Å². The van der Waals surface area contributed by atoms with Crippen molar-refractivity contribution < 1.29 is 23.5 Å². The van der Waals surface area contributed by atoms with Gasteiger partial charge in [0.1, 0.15) is 16.1 Å². The Morgan fingerprint density at radius 1 is 1.18 bits per heavy atom. The van der Waals surface area contributed by atoms with Crippen molar-refractivity contribution in [1.29, 1.82) is 0 Å². The van der Waals surface area contributed by atoms with Crippen LogP contribution in [0.5, 0.6) is 0 Å². The van der Waals surface area contributed by atoms with Crippen molar-refractivity contribution in [3.8, 4) is 0 Å². The maximum atomic E-state index is 13.0. The number of ether oxygens (including phenoxy) is 1. The summed E-state index contributed by atoms with van der Waals surface area (Å²) in [6.45, 7) is 0.408. The maximum Gasteiger partial charge on any atom is 0.341 e. The molecule has 1 aromatic carbocycles. The molecule has 0 unspecified atom stereocenters. The van der Waals surface area contributed by atoms with Crippen molar-refractivity contribution in [2.24, 2.45) is 0 Å². The number of benzene rings is 1. The van der Waals surface area contributed by atoms with E-state index in [0.29, 0.717) is 28.4 Å². The van der Waals surface area contributed by atoms with Crippen molar-refractivity contribution in [2.45, 2.75) is 37.6 Å². The molecule has 5 rings (SSSR count). The lowest BCUT2D eigenvalue weighted by Gasteiger charge is -2.23. The number of aryl methyl sites for hydroxylation is 1. The third kappa shape index (κ3) is 4.37. The van der Waals surface area contributed by atoms with Crippen molar-refractivity contribution in [1.82, 2.24) is 4.90 Å². The van der Waals surface area contributed by atoms with Crippen molar-refractivity contribution >= 4 is 45.9 Å². The largest absolute Gasteiger partial charge is 0.467 e. The number of hydrogen-bond acceptors (Lipinski definition) is 7. The first kappa shape index (κ1) is 22.7. The molecule has 1 aliphatic carbocycles. The molecule has 7 nitrogen and oxygen atoms in total. The number of carbonyl (C=O) groups excluding carboxylic acids is 3. The number of esters is 1. The van der Waals surface area contributed by atoms with Crippen LogP contribution in [0.15, 0.2) is 47.1 Å². The van der Waals surface area contributed by atoms with Gasteiger partial charge in [0.2, 0.25) is 5.91 Å². The summed E-state index contributed by atoms with van der Waals surface area (Å²) in [6.07, 6.45) is 5.46. The Balaban J connectivity index is 1.33. The fraction of sp³-hybridized carbons (Fsp3) is 0.320. The summed E-state index contributed by atoms with van der Waals surface area (Å²) in [6, 6.07) is 10.9.